The van der Waals surface area contributed by atoms with Gasteiger partial charge in [0.1, 0.15) is 11.8 Å². The fraction of sp³-hybridized carbons (Fsp3) is 0.273. The van der Waals surface area contributed by atoms with E-state index in [0.29, 0.717) is 10.6 Å². The smallest absolute Gasteiger partial charge is 0.307 e. The summed E-state index contributed by atoms with van der Waals surface area (Å²) in [6.07, 6.45) is 0.0846. The molecule has 1 aliphatic heterocycles. The molecule has 0 aliphatic carbocycles. The van der Waals surface area contributed by atoms with Gasteiger partial charge in [0.15, 0.2) is 5.78 Å². The molecule has 0 bridgehead atoms. The largest absolute Gasteiger partial charge is 0.469 e. The lowest BCUT2D eigenvalue weighted by Crippen LogP contribution is -2.36. The first-order valence-electron chi connectivity index (χ1n) is 9.45. The predicted octanol–water partition coefficient (Wildman–Crippen LogP) is 3.28. The van der Waals surface area contributed by atoms with Crippen LogP contribution in [0.25, 0.3) is 0 Å². The summed E-state index contributed by atoms with van der Waals surface area (Å²) in [5, 5.41) is 9.20. The highest BCUT2D eigenvalue weighted by atomic mass is 35.5. The second-order valence-electron chi connectivity index (χ2n) is 6.89. The number of hydrogen-bond donors (Lipinski definition) is 1. The number of carbonyl (C=O) groups is 3. The average Bonchev–Trinajstić information content (AvgIpc) is 3.20. The molecule has 1 amide bonds. The normalized spacial score (nSPS) is 16.6. The lowest BCUT2D eigenvalue weighted by molar-refractivity contribution is -0.141. The van der Waals surface area contributed by atoms with Gasteiger partial charge < -0.3 is 10.1 Å². The van der Waals surface area contributed by atoms with Crippen LogP contribution in [0, 0.1) is 0 Å². The van der Waals surface area contributed by atoms with E-state index in [1.54, 1.807) is 29.3 Å². The highest BCUT2D eigenvalue weighted by molar-refractivity contribution is 6.40. The second-order valence-corrected chi connectivity index (χ2v) is 7.29. The number of Topliss-reactive ketones (excluding diaryl/α,β-unsaturated/α-hetero) is 1. The molecule has 1 N–H and O–H groups in total. The first-order valence-corrected chi connectivity index (χ1v) is 9.82. The van der Waals surface area contributed by atoms with Gasteiger partial charge in [0.05, 0.1) is 25.3 Å². The Morgan fingerprint density at radius 3 is 2.47 bits per heavy atom. The molecule has 2 aromatic carbocycles. The van der Waals surface area contributed by atoms with Gasteiger partial charge in [0.2, 0.25) is 0 Å². The number of para-hydroxylation sites is 1. The fourth-order valence-electron chi connectivity index (χ4n) is 3.27. The van der Waals surface area contributed by atoms with Crippen molar-refractivity contribution in [3.8, 4) is 0 Å². The van der Waals surface area contributed by atoms with Crippen molar-refractivity contribution in [2.45, 2.75) is 31.8 Å². The van der Waals surface area contributed by atoms with Gasteiger partial charge in [-0.15, -0.1) is 0 Å². The van der Waals surface area contributed by atoms with Crippen LogP contribution in [0.15, 0.2) is 59.7 Å². The van der Waals surface area contributed by atoms with Crippen molar-refractivity contribution in [1.82, 2.24) is 5.32 Å². The molecule has 0 saturated heterocycles. The molecule has 2 aromatic rings. The van der Waals surface area contributed by atoms with Gasteiger partial charge in [-0.25, -0.2) is 0 Å². The van der Waals surface area contributed by atoms with Crippen LogP contribution in [0.1, 0.15) is 31.4 Å². The molecule has 30 heavy (non-hydrogen) atoms. The van der Waals surface area contributed by atoms with E-state index in [2.05, 4.69) is 10.4 Å². The number of hydrazone groups is 1. The minimum absolute atomic E-state index is 0.0855. The second kappa shape index (κ2) is 9.54. The molecule has 7 nitrogen and oxygen atoms in total. The third kappa shape index (κ3) is 4.86. The summed E-state index contributed by atoms with van der Waals surface area (Å²) in [5.41, 5.74) is 1.53. The molecular formula is C22H22ClN3O4. The van der Waals surface area contributed by atoms with Gasteiger partial charge in [0.25, 0.3) is 5.91 Å². The number of hydrogen-bond acceptors (Lipinski definition) is 6. The summed E-state index contributed by atoms with van der Waals surface area (Å²) in [4.78, 5) is 37.0. The first kappa shape index (κ1) is 21.5. The van der Waals surface area contributed by atoms with Gasteiger partial charge in [-0.3, -0.25) is 19.4 Å². The summed E-state index contributed by atoms with van der Waals surface area (Å²) < 4.78 is 4.76. The molecule has 0 saturated carbocycles. The van der Waals surface area contributed by atoms with E-state index in [4.69, 9.17) is 16.3 Å². The quantitative estimate of drug-likeness (QED) is 0.685. The maximum absolute atomic E-state index is 13.0. The molecule has 2 unspecified atom stereocenters. The Labute approximate surface area is 179 Å². The molecule has 3 rings (SSSR count). The van der Waals surface area contributed by atoms with E-state index in [0.717, 1.165) is 5.69 Å². The number of carbonyl (C=O) groups excluding carboxylic acids is 3. The third-order valence-electron chi connectivity index (χ3n) is 4.85. The molecule has 1 heterocycles. The number of amides is 1. The zero-order valence-corrected chi connectivity index (χ0v) is 17.4. The Morgan fingerprint density at radius 1 is 1.17 bits per heavy atom. The van der Waals surface area contributed by atoms with E-state index in [1.165, 1.54) is 14.0 Å². The highest BCUT2D eigenvalue weighted by Gasteiger charge is 2.35. The molecule has 0 radical (unpaired) electrons. The number of methoxy groups -OCH3 is 1. The number of ether oxygens (including phenoxy) is 1. The first-order chi connectivity index (χ1) is 14.4. The zero-order valence-electron chi connectivity index (χ0n) is 16.7. The molecule has 0 spiro atoms. The number of rotatable bonds is 7. The Hall–Kier alpha value is -3.19. The van der Waals surface area contributed by atoms with Gasteiger partial charge in [-0.05, 0) is 30.7 Å². The van der Waals surface area contributed by atoms with E-state index in [9.17, 15) is 14.4 Å². The molecular weight excluding hydrogens is 406 g/mol. The van der Waals surface area contributed by atoms with E-state index in [-0.39, 0.29) is 24.3 Å². The van der Waals surface area contributed by atoms with Gasteiger partial charge in [0, 0.05) is 11.4 Å². The Bertz CT molecular complexity index is 977. The van der Waals surface area contributed by atoms with Crippen LogP contribution in [0.3, 0.4) is 0 Å². The molecule has 1 aliphatic rings. The lowest BCUT2D eigenvalue weighted by atomic mass is 10.0. The summed E-state index contributed by atoms with van der Waals surface area (Å²) in [7, 11) is 1.28. The van der Waals surface area contributed by atoms with Crippen molar-refractivity contribution in [3.05, 3.63) is 65.2 Å². The van der Waals surface area contributed by atoms with Crippen molar-refractivity contribution in [2.75, 3.05) is 12.1 Å². The molecule has 0 aromatic heterocycles. The van der Waals surface area contributed by atoms with Crippen LogP contribution in [0.4, 0.5) is 5.69 Å². The molecule has 0 fully saturated rings. The van der Waals surface area contributed by atoms with Crippen molar-refractivity contribution in [1.29, 1.82) is 0 Å². The number of esters is 1. The zero-order chi connectivity index (χ0) is 21.7. The summed E-state index contributed by atoms with van der Waals surface area (Å²) in [6.45, 7) is 1.47. The van der Waals surface area contributed by atoms with Crippen LogP contribution >= 0.6 is 11.6 Å². The van der Waals surface area contributed by atoms with Gasteiger partial charge >= 0.3 is 5.97 Å². The number of nitrogens with zero attached hydrogens (tertiary/aromatic N) is 2. The maximum atomic E-state index is 13.0. The van der Waals surface area contributed by atoms with Crippen LogP contribution in [0.5, 0.6) is 0 Å². The van der Waals surface area contributed by atoms with Gasteiger partial charge in [-0.2, -0.15) is 5.10 Å². The molecule has 156 valence electrons. The standard InChI is InChI=1S/C22H22ClN3O4/c1-14(27)20-12-19(25-26(20)15-8-4-3-5-9-15)22(29)24-18(13-21(28)30-2)16-10-6-7-11-17(16)23/h3-11,18,20H,12-13H2,1-2H3,(H,24,29). The highest BCUT2D eigenvalue weighted by Crippen LogP contribution is 2.28. The van der Waals surface area contributed by atoms with Crippen molar-refractivity contribution in [2.24, 2.45) is 5.10 Å². The molecule has 2 atom stereocenters. The number of halogens is 1. The minimum Gasteiger partial charge on any atom is -0.469 e. The Balaban J connectivity index is 1.85. The number of benzene rings is 2. The Kier molecular flexibility index (Phi) is 6.84. The summed E-state index contributed by atoms with van der Waals surface area (Å²) in [6, 6.07) is 14.9. The number of anilines is 1. The van der Waals surface area contributed by atoms with Crippen molar-refractivity contribution >= 4 is 40.7 Å². The predicted molar refractivity (Wildman–Crippen MR) is 114 cm³/mol. The summed E-state index contributed by atoms with van der Waals surface area (Å²) >= 11 is 6.27. The maximum Gasteiger partial charge on any atom is 0.307 e. The number of nitrogens with one attached hydrogen (secondary N) is 1. The lowest BCUT2D eigenvalue weighted by Gasteiger charge is -2.20. The van der Waals surface area contributed by atoms with Crippen LogP contribution in [-0.4, -0.2) is 36.5 Å². The summed E-state index contributed by atoms with van der Waals surface area (Å²) in [5.74, 6) is -1.04. The van der Waals surface area contributed by atoms with Crippen molar-refractivity contribution < 1.29 is 19.1 Å². The van der Waals surface area contributed by atoms with Crippen LogP contribution < -0.4 is 10.3 Å². The van der Waals surface area contributed by atoms with Crippen molar-refractivity contribution in [3.63, 3.8) is 0 Å². The third-order valence-corrected chi connectivity index (χ3v) is 5.19. The van der Waals surface area contributed by atoms with Crippen LogP contribution in [-0.2, 0) is 19.1 Å². The van der Waals surface area contributed by atoms with Crippen LogP contribution in [0.2, 0.25) is 5.02 Å². The Morgan fingerprint density at radius 2 is 1.83 bits per heavy atom. The minimum atomic E-state index is -0.692. The fourth-order valence-corrected chi connectivity index (χ4v) is 3.54. The van der Waals surface area contributed by atoms with E-state index in [1.807, 2.05) is 30.3 Å². The van der Waals surface area contributed by atoms with E-state index >= 15 is 0 Å². The topological polar surface area (TPSA) is 88.1 Å². The number of ketones is 1. The van der Waals surface area contributed by atoms with E-state index < -0.39 is 24.0 Å². The monoisotopic (exact) mass is 427 g/mol. The average molecular weight is 428 g/mol. The molecule has 8 heteroatoms. The SMILES string of the molecule is COC(=O)CC(NC(=O)C1=NN(c2ccccc2)C(C(C)=O)C1)c1ccccc1Cl. The van der Waals surface area contributed by atoms with Gasteiger partial charge in [-0.1, -0.05) is 48.0 Å².